The van der Waals surface area contributed by atoms with Gasteiger partial charge < -0.3 is 21.0 Å². The number of fused-ring (bicyclic) bond motifs is 1. The zero-order valence-corrected chi connectivity index (χ0v) is 16.9. The Balaban J connectivity index is 1.77. The highest BCUT2D eigenvalue weighted by atomic mass is 35.5. The van der Waals surface area contributed by atoms with Crippen molar-refractivity contribution in [2.24, 2.45) is 5.16 Å². The van der Waals surface area contributed by atoms with Crippen molar-refractivity contribution in [3.63, 3.8) is 0 Å². The van der Waals surface area contributed by atoms with Crippen LogP contribution in [-0.4, -0.2) is 62.3 Å². The summed E-state index contributed by atoms with van der Waals surface area (Å²) in [4.78, 5) is 46.8. The third-order valence-electron chi connectivity index (χ3n) is 3.84. The molecule has 2 atom stereocenters. The van der Waals surface area contributed by atoms with Crippen LogP contribution in [0.5, 0.6) is 0 Å². The SMILES string of the molecule is CCCON=C(C(=O)NC1C(=O)N2C(C(=O)O)=C(Cl)CS[C@@H]12)c1csc(N)n1. The van der Waals surface area contributed by atoms with Crippen molar-refractivity contribution in [3.8, 4) is 0 Å². The lowest BCUT2D eigenvalue weighted by Crippen LogP contribution is -2.71. The van der Waals surface area contributed by atoms with Gasteiger partial charge in [0.05, 0.1) is 5.03 Å². The molecule has 3 rings (SSSR count). The number of nitrogens with one attached hydrogen (secondary N) is 1. The van der Waals surface area contributed by atoms with Gasteiger partial charge in [0.15, 0.2) is 10.8 Å². The number of thiazole rings is 1. The maximum absolute atomic E-state index is 12.7. The molecule has 0 spiro atoms. The van der Waals surface area contributed by atoms with E-state index in [0.29, 0.717) is 13.0 Å². The molecule has 10 nitrogen and oxygen atoms in total. The highest BCUT2D eigenvalue weighted by Gasteiger charge is 2.54. The molecule has 3 heterocycles. The quantitative estimate of drug-likeness (QED) is 0.241. The summed E-state index contributed by atoms with van der Waals surface area (Å²) >= 11 is 8.33. The minimum absolute atomic E-state index is 0.0834. The lowest BCUT2D eigenvalue weighted by atomic mass is 10.0. The maximum Gasteiger partial charge on any atom is 0.353 e. The molecule has 2 aliphatic heterocycles. The van der Waals surface area contributed by atoms with Crippen LogP contribution in [0.4, 0.5) is 5.13 Å². The molecule has 2 amide bonds. The second-order valence-corrected chi connectivity index (χ2v) is 8.21. The molecule has 0 aliphatic carbocycles. The number of carbonyl (C=O) groups is 3. The molecule has 1 saturated heterocycles. The summed E-state index contributed by atoms with van der Waals surface area (Å²) in [5.41, 5.74) is 5.48. The summed E-state index contributed by atoms with van der Waals surface area (Å²) in [7, 11) is 0. The Hall–Kier alpha value is -2.31. The number of oxime groups is 1. The van der Waals surface area contributed by atoms with Crippen LogP contribution < -0.4 is 11.1 Å². The number of nitrogen functional groups attached to an aromatic ring is 1. The maximum atomic E-state index is 12.7. The predicted octanol–water partition coefficient (Wildman–Crippen LogP) is 0.791. The number of carboxylic acid groups (broad SMARTS) is 1. The fourth-order valence-electron chi connectivity index (χ4n) is 2.59. The summed E-state index contributed by atoms with van der Waals surface area (Å²) in [5, 5.41) is 17.0. The van der Waals surface area contributed by atoms with E-state index >= 15 is 0 Å². The molecule has 0 radical (unpaired) electrons. The number of aromatic nitrogens is 1. The van der Waals surface area contributed by atoms with Gasteiger partial charge in [0, 0.05) is 11.1 Å². The van der Waals surface area contributed by atoms with E-state index < -0.39 is 29.2 Å². The molecule has 0 bridgehead atoms. The number of amides is 2. The van der Waals surface area contributed by atoms with Crippen molar-refractivity contribution < 1.29 is 24.3 Å². The number of β-lactam (4-membered cyclic amide) rings is 1. The van der Waals surface area contributed by atoms with E-state index in [1.165, 1.54) is 11.8 Å². The van der Waals surface area contributed by atoms with Crippen molar-refractivity contribution in [3.05, 3.63) is 21.8 Å². The average molecular weight is 446 g/mol. The van der Waals surface area contributed by atoms with E-state index in [9.17, 15) is 19.5 Å². The number of aliphatic carboxylic acids is 1. The van der Waals surface area contributed by atoms with E-state index in [0.717, 1.165) is 16.2 Å². The minimum Gasteiger partial charge on any atom is -0.477 e. The Bertz CT molecular complexity index is 886. The lowest BCUT2D eigenvalue weighted by molar-refractivity contribution is -0.150. The molecule has 13 heteroatoms. The zero-order chi connectivity index (χ0) is 20.4. The highest BCUT2D eigenvalue weighted by Crippen LogP contribution is 2.41. The number of hydrogen-bond acceptors (Lipinski definition) is 9. The Labute approximate surface area is 172 Å². The van der Waals surface area contributed by atoms with Crippen molar-refractivity contribution in [2.45, 2.75) is 24.8 Å². The number of halogens is 1. The van der Waals surface area contributed by atoms with Gasteiger partial charge >= 0.3 is 5.97 Å². The van der Waals surface area contributed by atoms with Gasteiger partial charge in [-0.05, 0) is 6.42 Å². The van der Waals surface area contributed by atoms with Gasteiger partial charge in [-0.25, -0.2) is 9.78 Å². The van der Waals surface area contributed by atoms with Gasteiger partial charge in [0.1, 0.15) is 29.4 Å². The van der Waals surface area contributed by atoms with Crippen LogP contribution in [0.3, 0.4) is 0 Å². The highest BCUT2D eigenvalue weighted by molar-refractivity contribution is 8.00. The van der Waals surface area contributed by atoms with Crippen molar-refractivity contribution in [1.29, 1.82) is 0 Å². The normalized spacial score (nSPS) is 21.9. The standard InChI is InChI=1S/C15H16ClN5O5S2/c1-2-3-26-20-8(7-5-28-15(17)18-7)11(22)19-9-12(23)21-10(14(24)25)6(16)4-27-13(9)21/h5,9,13H,2-4H2,1H3,(H2,17,18)(H,19,22)(H,24,25)/t9?,13-/m0/s1. The number of anilines is 1. The zero-order valence-electron chi connectivity index (χ0n) is 14.5. The Morgan fingerprint density at radius 1 is 1.57 bits per heavy atom. The van der Waals surface area contributed by atoms with E-state index in [1.54, 1.807) is 5.38 Å². The molecule has 1 fully saturated rings. The molecule has 1 aromatic rings. The Kier molecular flexibility index (Phi) is 6.10. The molecular weight excluding hydrogens is 430 g/mol. The van der Waals surface area contributed by atoms with Gasteiger partial charge in [-0.1, -0.05) is 23.7 Å². The number of nitrogens with two attached hydrogens (primary N) is 1. The van der Waals surface area contributed by atoms with Gasteiger partial charge in [-0.2, -0.15) is 0 Å². The Morgan fingerprint density at radius 2 is 2.32 bits per heavy atom. The monoisotopic (exact) mass is 445 g/mol. The molecule has 0 saturated carbocycles. The van der Waals surface area contributed by atoms with Crippen LogP contribution in [0.25, 0.3) is 0 Å². The third kappa shape index (κ3) is 3.80. The molecule has 150 valence electrons. The van der Waals surface area contributed by atoms with Gasteiger partial charge in [-0.15, -0.1) is 23.1 Å². The summed E-state index contributed by atoms with van der Waals surface area (Å²) in [6, 6.07) is -0.913. The molecular formula is C15H16ClN5O5S2. The van der Waals surface area contributed by atoms with E-state index in [1.807, 2.05) is 6.92 Å². The van der Waals surface area contributed by atoms with Gasteiger partial charge in [0.2, 0.25) is 0 Å². The molecule has 1 unspecified atom stereocenters. The van der Waals surface area contributed by atoms with Crippen molar-refractivity contribution in [2.75, 3.05) is 18.1 Å². The molecule has 2 aliphatic rings. The van der Waals surface area contributed by atoms with Crippen molar-refractivity contribution >= 4 is 63.3 Å². The summed E-state index contributed by atoms with van der Waals surface area (Å²) in [6.07, 6.45) is 0.692. The lowest BCUT2D eigenvalue weighted by Gasteiger charge is -2.48. The number of carbonyl (C=O) groups excluding carboxylic acids is 2. The third-order valence-corrected chi connectivity index (χ3v) is 6.27. The van der Waals surface area contributed by atoms with Gasteiger partial charge in [-0.3, -0.25) is 14.5 Å². The number of hydrogen-bond donors (Lipinski definition) is 3. The number of rotatable bonds is 7. The van der Waals surface area contributed by atoms with Crippen LogP contribution in [0.2, 0.25) is 0 Å². The minimum atomic E-state index is -1.29. The van der Waals surface area contributed by atoms with Crippen molar-refractivity contribution in [1.82, 2.24) is 15.2 Å². The smallest absolute Gasteiger partial charge is 0.353 e. The van der Waals surface area contributed by atoms with Crippen LogP contribution in [-0.2, 0) is 19.2 Å². The second-order valence-electron chi connectivity index (χ2n) is 5.76. The predicted molar refractivity (Wildman–Crippen MR) is 105 cm³/mol. The van der Waals surface area contributed by atoms with E-state index in [2.05, 4.69) is 15.5 Å². The number of carboxylic acids is 1. The Morgan fingerprint density at radius 3 is 2.93 bits per heavy atom. The van der Waals surface area contributed by atoms with Crippen LogP contribution in [0, 0.1) is 0 Å². The van der Waals surface area contributed by atoms with Crippen LogP contribution in [0.15, 0.2) is 21.3 Å². The molecule has 1 aromatic heterocycles. The first-order valence-electron chi connectivity index (χ1n) is 8.14. The number of thioether (sulfide) groups is 1. The molecule has 4 N–H and O–H groups in total. The summed E-state index contributed by atoms with van der Waals surface area (Å²) in [5.74, 6) is -2.29. The first-order chi connectivity index (χ1) is 13.3. The average Bonchev–Trinajstić information content (AvgIpc) is 3.08. The van der Waals surface area contributed by atoms with E-state index in [-0.39, 0.29) is 33.0 Å². The first-order valence-corrected chi connectivity index (χ1v) is 10.4. The number of nitrogens with zero attached hydrogens (tertiary/aromatic N) is 3. The van der Waals surface area contributed by atoms with Crippen LogP contribution in [0.1, 0.15) is 19.0 Å². The topological polar surface area (TPSA) is 147 Å². The fourth-order valence-corrected chi connectivity index (χ4v) is 4.69. The second kappa shape index (κ2) is 8.37. The molecule has 0 aromatic carbocycles. The fraction of sp³-hybridized carbons (Fsp3) is 0.400. The molecule has 28 heavy (non-hydrogen) atoms. The van der Waals surface area contributed by atoms with Gasteiger partial charge in [0.25, 0.3) is 11.8 Å². The summed E-state index contributed by atoms with van der Waals surface area (Å²) in [6.45, 7) is 2.19. The van der Waals surface area contributed by atoms with Crippen LogP contribution >= 0.6 is 34.7 Å². The van der Waals surface area contributed by atoms with E-state index in [4.69, 9.17) is 22.2 Å². The first kappa shape index (κ1) is 20.4. The summed E-state index contributed by atoms with van der Waals surface area (Å²) < 4.78 is 0. The largest absolute Gasteiger partial charge is 0.477 e.